The van der Waals surface area contributed by atoms with Crippen molar-refractivity contribution in [1.29, 1.82) is 0 Å². The number of likely N-dealkylation sites (N-methyl/N-ethyl adjacent to an activating group) is 1. The van der Waals surface area contributed by atoms with Crippen molar-refractivity contribution in [1.82, 2.24) is 14.8 Å². The Bertz CT molecular complexity index is 997. The van der Waals surface area contributed by atoms with Crippen molar-refractivity contribution in [3.05, 3.63) is 57.1 Å². The van der Waals surface area contributed by atoms with Gasteiger partial charge >= 0.3 is 0 Å². The Morgan fingerprint density at radius 3 is 2.58 bits per heavy atom. The minimum Gasteiger partial charge on any atom is -0.315 e. The van der Waals surface area contributed by atoms with Crippen molar-refractivity contribution in [2.75, 3.05) is 7.05 Å². The highest BCUT2D eigenvalue weighted by molar-refractivity contribution is 9.10. The molecule has 0 unspecified atom stereocenters. The Morgan fingerprint density at radius 2 is 1.92 bits per heavy atom. The molecule has 8 heteroatoms. The van der Waals surface area contributed by atoms with Gasteiger partial charge in [0.1, 0.15) is 11.4 Å². The van der Waals surface area contributed by atoms with Gasteiger partial charge in [-0.25, -0.2) is 4.39 Å². The van der Waals surface area contributed by atoms with Gasteiger partial charge in [0.25, 0.3) is 11.8 Å². The second-order valence-corrected chi connectivity index (χ2v) is 7.24. The normalized spacial score (nSPS) is 16.4. The predicted molar refractivity (Wildman–Crippen MR) is 104 cm³/mol. The third kappa shape index (κ3) is 3.10. The van der Waals surface area contributed by atoms with Gasteiger partial charge in [0.15, 0.2) is 5.11 Å². The van der Waals surface area contributed by atoms with E-state index in [1.165, 1.54) is 24.1 Å². The molecule has 3 rings (SSSR count). The highest BCUT2D eigenvalue weighted by Gasteiger charge is 2.31. The Kier molecular flexibility index (Phi) is 4.81. The van der Waals surface area contributed by atoms with E-state index in [2.05, 4.69) is 21.2 Å². The summed E-state index contributed by atoms with van der Waals surface area (Å²) < 4.78 is 16.8. The number of nitrogens with zero attached hydrogens (tertiary/aromatic N) is 2. The number of carbonyl (C=O) groups is 2. The number of thiocarbonyl (C=S) groups is 1. The van der Waals surface area contributed by atoms with Crippen molar-refractivity contribution >= 4 is 51.2 Å². The maximum atomic E-state index is 14.4. The molecule has 0 bridgehead atoms. The molecular formula is C18H15BrFN3O2S. The van der Waals surface area contributed by atoms with E-state index < -0.39 is 11.8 Å². The fourth-order valence-corrected chi connectivity index (χ4v) is 3.38. The molecule has 1 aliphatic heterocycles. The summed E-state index contributed by atoms with van der Waals surface area (Å²) in [6.45, 7) is 3.64. The summed E-state index contributed by atoms with van der Waals surface area (Å²) in [4.78, 5) is 25.7. The predicted octanol–water partition coefficient (Wildman–Crippen LogP) is 3.25. The lowest BCUT2D eigenvalue weighted by Crippen LogP contribution is -2.52. The van der Waals surface area contributed by atoms with Gasteiger partial charge in [-0.3, -0.25) is 19.8 Å². The molecule has 1 aromatic carbocycles. The smallest absolute Gasteiger partial charge is 0.265 e. The lowest BCUT2D eigenvalue weighted by atomic mass is 10.1. The monoisotopic (exact) mass is 435 g/mol. The molecular weight excluding hydrogens is 421 g/mol. The number of rotatable bonds is 2. The molecule has 134 valence electrons. The van der Waals surface area contributed by atoms with E-state index in [1.54, 1.807) is 29.7 Å². The fraction of sp³-hybridized carbons (Fsp3) is 0.167. The van der Waals surface area contributed by atoms with E-state index >= 15 is 0 Å². The van der Waals surface area contributed by atoms with Crippen LogP contribution < -0.4 is 5.32 Å². The number of aryl methyl sites for hydroxylation is 1. The van der Waals surface area contributed by atoms with Gasteiger partial charge in [-0.2, -0.15) is 0 Å². The molecule has 1 aromatic heterocycles. The number of carbonyl (C=O) groups excluding carboxylic acids is 2. The average Bonchev–Trinajstić information content (AvgIpc) is 2.84. The zero-order valence-corrected chi connectivity index (χ0v) is 16.7. The van der Waals surface area contributed by atoms with Gasteiger partial charge in [0, 0.05) is 22.9 Å². The molecule has 0 saturated carbocycles. The van der Waals surface area contributed by atoms with Gasteiger partial charge in [-0.15, -0.1) is 0 Å². The maximum Gasteiger partial charge on any atom is 0.265 e. The van der Waals surface area contributed by atoms with Crippen molar-refractivity contribution in [2.24, 2.45) is 0 Å². The highest BCUT2D eigenvalue weighted by Crippen LogP contribution is 2.26. The molecule has 1 aliphatic rings. The van der Waals surface area contributed by atoms with E-state index in [4.69, 9.17) is 12.2 Å². The third-order valence-corrected chi connectivity index (χ3v) is 5.09. The molecule has 2 heterocycles. The lowest BCUT2D eigenvalue weighted by Gasteiger charge is -2.25. The van der Waals surface area contributed by atoms with Crippen LogP contribution in [-0.4, -0.2) is 33.4 Å². The molecule has 2 amide bonds. The summed E-state index contributed by atoms with van der Waals surface area (Å²) in [6, 6.07) is 6.61. The molecule has 5 nitrogen and oxygen atoms in total. The number of amides is 2. The number of benzene rings is 1. The third-order valence-electron chi connectivity index (χ3n) is 4.23. The number of hydrogen-bond donors (Lipinski definition) is 1. The van der Waals surface area contributed by atoms with E-state index in [0.717, 1.165) is 5.69 Å². The molecule has 0 radical (unpaired) electrons. The number of nitrogens with one attached hydrogen (secondary N) is 1. The standard InChI is InChI=1S/C18H15BrFN3O2S/c1-9-6-11(7-13-16(24)21-18(26)22(3)17(13)25)10(2)23(9)15-5-4-12(19)8-14(15)20/h4-8H,1-3H3,(H,21,24,26)/b13-7+. The summed E-state index contributed by atoms with van der Waals surface area (Å²) in [5.74, 6) is -1.40. The van der Waals surface area contributed by atoms with Gasteiger partial charge in [0.2, 0.25) is 0 Å². The van der Waals surface area contributed by atoms with Crippen LogP contribution in [0.25, 0.3) is 11.8 Å². The van der Waals surface area contributed by atoms with Crippen LogP contribution in [0.4, 0.5) is 4.39 Å². The summed E-state index contributed by atoms with van der Waals surface area (Å²) >= 11 is 8.18. The SMILES string of the molecule is Cc1cc(/C=C2\C(=O)NC(=S)N(C)C2=O)c(C)n1-c1ccc(Br)cc1F. The van der Waals surface area contributed by atoms with Crippen molar-refractivity contribution < 1.29 is 14.0 Å². The van der Waals surface area contributed by atoms with Crippen LogP contribution in [0.1, 0.15) is 17.0 Å². The first kappa shape index (κ1) is 18.5. The van der Waals surface area contributed by atoms with E-state index in [9.17, 15) is 14.0 Å². The van der Waals surface area contributed by atoms with Gasteiger partial charge < -0.3 is 4.57 Å². The van der Waals surface area contributed by atoms with Crippen molar-refractivity contribution in [2.45, 2.75) is 13.8 Å². The number of hydrogen-bond acceptors (Lipinski definition) is 3. The van der Waals surface area contributed by atoms with Crippen LogP contribution in [0, 0.1) is 19.7 Å². The quantitative estimate of drug-likeness (QED) is 0.447. The van der Waals surface area contributed by atoms with Crippen LogP contribution in [0.15, 0.2) is 34.3 Å². The molecule has 1 saturated heterocycles. The summed E-state index contributed by atoms with van der Waals surface area (Å²) in [7, 11) is 1.50. The minimum absolute atomic E-state index is 0.0161. The van der Waals surface area contributed by atoms with Gasteiger partial charge in [-0.1, -0.05) is 15.9 Å². The van der Waals surface area contributed by atoms with Crippen molar-refractivity contribution in [3.8, 4) is 5.69 Å². The Morgan fingerprint density at radius 1 is 1.23 bits per heavy atom. The number of halogens is 2. The summed E-state index contributed by atoms with van der Waals surface area (Å²) in [5.41, 5.74) is 2.53. The molecule has 1 fully saturated rings. The van der Waals surface area contributed by atoms with Crippen LogP contribution in [-0.2, 0) is 9.59 Å². The van der Waals surface area contributed by atoms with Gasteiger partial charge in [-0.05, 0) is 62.0 Å². The molecule has 0 aliphatic carbocycles. The minimum atomic E-state index is -0.544. The van der Waals surface area contributed by atoms with Crippen LogP contribution in [0.3, 0.4) is 0 Å². The van der Waals surface area contributed by atoms with Crippen LogP contribution in [0.5, 0.6) is 0 Å². The Labute approximate surface area is 163 Å². The zero-order valence-electron chi connectivity index (χ0n) is 14.3. The molecule has 26 heavy (non-hydrogen) atoms. The lowest BCUT2D eigenvalue weighted by molar-refractivity contribution is -0.128. The molecule has 1 N–H and O–H groups in total. The van der Waals surface area contributed by atoms with Crippen LogP contribution in [0.2, 0.25) is 0 Å². The first-order chi connectivity index (χ1) is 12.2. The first-order valence-electron chi connectivity index (χ1n) is 7.70. The summed E-state index contributed by atoms with van der Waals surface area (Å²) in [5, 5.41) is 2.54. The second-order valence-electron chi connectivity index (χ2n) is 5.94. The highest BCUT2D eigenvalue weighted by atomic mass is 79.9. The maximum absolute atomic E-state index is 14.4. The Hall–Kier alpha value is -2.32. The van der Waals surface area contributed by atoms with Gasteiger partial charge in [0.05, 0.1) is 5.69 Å². The average molecular weight is 436 g/mol. The van der Waals surface area contributed by atoms with E-state index in [0.29, 0.717) is 21.4 Å². The van der Waals surface area contributed by atoms with Crippen LogP contribution >= 0.6 is 28.1 Å². The van der Waals surface area contributed by atoms with Crippen molar-refractivity contribution in [3.63, 3.8) is 0 Å². The molecule has 0 atom stereocenters. The van der Waals surface area contributed by atoms with E-state index in [-0.39, 0.29) is 16.5 Å². The largest absolute Gasteiger partial charge is 0.315 e. The topological polar surface area (TPSA) is 54.3 Å². The zero-order chi connectivity index (χ0) is 19.2. The molecule has 0 spiro atoms. The fourth-order valence-electron chi connectivity index (χ4n) is 2.87. The summed E-state index contributed by atoms with van der Waals surface area (Å²) in [6.07, 6.45) is 1.51. The Balaban J connectivity index is 2.10. The molecule has 2 aromatic rings. The second kappa shape index (κ2) is 6.77. The first-order valence-corrected chi connectivity index (χ1v) is 8.90. The number of aromatic nitrogens is 1. The van der Waals surface area contributed by atoms with E-state index in [1.807, 2.05) is 6.92 Å².